The third kappa shape index (κ3) is 4.13. The minimum Gasteiger partial charge on any atom is -0.371 e. The first-order chi connectivity index (χ1) is 17.2. The van der Waals surface area contributed by atoms with Crippen LogP contribution in [0.4, 0.5) is 0 Å². The van der Waals surface area contributed by atoms with E-state index >= 15 is 0 Å². The molecule has 1 aromatic heterocycles. The molecule has 186 valence electrons. The van der Waals surface area contributed by atoms with Crippen molar-refractivity contribution in [1.82, 2.24) is 19.2 Å². The van der Waals surface area contributed by atoms with Crippen molar-refractivity contribution in [3.05, 3.63) is 83.9 Å². The number of aromatic nitrogens is 2. The zero-order valence-electron chi connectivity index (χ0n) is 19.4. The van der Waals surface area contributed by atoms with E-state index in [-0.39, 0.29) is 31.6 Å². The van der Waals surface area contributed by atoms with Crippen molar-refractivity contribution < 1.29 is 22.5 Å². The summed E-state index contributed by atoms with van der Waals surface area (Å²) in [6.07, 6.45) is 4.17. The van der Waals surface area contributed by atoms with Crippen LogP contribution in [0.2, 0.25) is 0 Å². The van der Waals surface area contributed by atoms with Crippen molar-refractivity contribution >= 4 is 22.2 Å². The van der Waals surface area contributed by atoms with E-state index in [2.05, 4.69) is 15.0 Å². The number of ether oxygens (including phenoxy) is 1. The highest BCUT2D eigenvalue weighted by Gasteiger charge is 2.49. The minimum absolute atomic E-state index is 0.0546. The average molecular weight is 509 g/mol. The second kappa shape index (κ2) is 9.06. The van der Waals surface area contributed by atoms with Gasteiger partial charge in [0.05, 0.1) is 12.7 Å². The number of carbonyl (C=O) groups excluding carboxylic acids is 1. The van der Waals surface area contributed by atoms with Gasteiger partial charge in [0.15, 0.2) is 11.5 Å². The van der Waals surface area contributed by atoms with E-state index in [1.54, 1.807) is 43.7 Å². The number of hydrogen-bond acceptors (Lipinski definition) is 8. The molecule has 2 aromatic carbocycles. The van der Waals surface area contributed by atoms with Crippen molar-refractivity contribution in [1.29, 1.82) is 0 Å². The summed E-state index contributed by atoms with van der Waals surface area (Å²) in [5.74, 6) is -0.256. The monoisotopic (exact) mass is 508 g/mol. The first kappa shape index (κ1) is 24.0. The number of morpholine rings is 1. The van der Waals surface area contributed by atoms with Gasteiger partial charge in [-0.3, -0.25) is 14.2 Å². The Balaban J connectivity index is 1.62. The smallest absolute Gasteiger partial charge is 0.336 e. The van der Waals surface area contributed by atoms with Crippen molar-refractivity contribution in [2.24, 2.45) is 10.7 Å². The lowest BCUT2D eigenvalue weighted by Crippen LogP contribution is -2.42. The van der Waals surface area contributed by atoms with Crippen molar-refractivity contribution in [3.8, 4) is 11.1 Å². The molecule has 2 atom stereocenters. The Morgan fingerprint density at radius 1 is 1.08 bits per heavy atom. The molecular weight excluding hydrogens is 484 g/mol. The number of hydrogen-bond donors (Lipinski definition) is 2. The van der Waals surface area contributed by atoms with Gasteiger partial charge in [-0.15, -0.1) is 0 Å². The molecule has 0 radical (unpaired) electrons. The van der Waals surface area contributed by atoms with Crippen LogP contribution in [0.5, 0.6) is 0 Å². The molecule has 1 fully saturated rings. The summed E-state index contributed by atoms with van der Waals surface area (Å²) in [6, 6.07) is 14.5. The Labute approximate surface area is 208 Å². The number of aliphatic imine (C=N–C) groups is 1. The van der Waals surface area contributed by atoms with E-state index in [4.69, 9.17) is 10.5 Å². The van der Waals surface area contributed by atoms with Crippen LogP contribution in [0.25, 0.3) is 11.1 Å². The maximum absolute atomic E-state index is 13.7. The molecule has 1 amide bonds. The molecule has 3 aromatic rings. The average Bonchev–Trinajstić information content (AvgIpc) is 3.13. The molecule has 0 spiro atoms. The molecule has 2 unspecified atom stereocenters. The molecular formula is C24H24N6O5S. The number of rotatable bonds is 5. The SMILES string of the molecule is CN1C(=O)C(c2cccc(-c3cncnc3)c2)(c2cccc(C3CN(S(=O)(=O)O)CCO3)c2)N=C1N. The summed E-state index contributed by atoms with van der Waals surface area (Å²) in [5, 5.41) is 0. The zero-order valence-corrected chi connectivity index (χ0v) is 20.2. The molecule has 3 heterocycles. The molecule has 12 heteroatoms. The Kier molecular flexibility index (Phi) is 6.04. The molecule has 0 bridgehead atoms. The first-order valence-electron chi connectivity index (χ1n) is 11.1. The first-order valence-corrected chi connectivity index (χ1v) is 12.5. The second-order valence-corrected chi connectivity index (χ2v) is 9.99. The third-order valence-electron chi connectivity index (χ3n) is 6.45. The summed E-state index contributed by atoms with van der Waals surface area (Å²) in [7, 11) is -2.79. The van der Waals surface area contributed by atoms with Gasteiger partial charge in [-0.25, -0.2) is 15.0 Å². The molecule has 36 heavy (non-hydrogen) atoms. The van der Waals surface area contributed by atoms with Gasteiger partial charge >= 0.3 is 10.3 Å². The van der Waals surface area contributed by atoms with Gasteiger partial charge in [-0.1, -0.05) is 36.4 Å². The van der Waals surface area contributed by atoms with Gasteiger partial charge < -0.3 is 10.5 Å². The van der Waals surface area contributed by atoms with E-state index in [1.807, 2.05) is 24.3 Å². The fourth-order valence-electron chi connectivity index (χ4n) is 4.56. The van der Waals surface area contributed by atoms with Crippen LogP contribution in [-0.2, 0) is 25.4 Å². The van der Waals surface area contributed by atoms with Crippen LogP contribution in [0.3, 0.4) is 0 Å². The van der Waals surface area contributed by atoms with Crippen molar-refractivity contribution in [2.45, 2.75) is 11.6 Å². The number of nitrogens with zero attached hydrogens (tertiary/aromatic N) is 5. The summed E-state index contributed by atoms with van der Waals surface area (Å²) in [6.45, 7) is 0.116. The lowest BCUT2D eigenvalue weighted by Gasteiger charge is -2.32. The largest absolute Gasteiger partial charge is 0.371 e. The van der Waals surface area contributed by atoms with Crippen molar-refractivity contribution in [3.63, 3.8) is 0 Å². The Morgan fingerprint density at radius 3 is 2.44 bits per heavy atom. The van der Waals surface area contributed by atoms with Crippen LogP contribution >= 0.6 is 0 Å². The number of carbonyl (C=O) groups is 1. The molecule has 1 saturated heterocycles. The highest BCUT2D eigenvalue weighted by Crippen LogP contribution is 2.41. The van der Waals surface area contributed by atoms with E-state index in [1.165, 1.54) is 11.2 Å². The van der Waals surface area contributed by atoms with Crippen molar-refractivity contribution in [2.75, 3.05) is 26.7 Å². The maximum atomic E-state index is 13.7. The number of amides is 1. The van der Waals surface area contributed by atoms with E-state index in [0.29, 0.717) is 16.7 Å². The fraction of sp³-hybridized carbons (Fsp3) is 0.250. The Bertz CT molecular complexity index is 1450. The maximum Gasteiger partial charge on any atom is 0.336 e. The Morgan fingerprint density at radius 2 is 1.78 bits per heavy atom. The molecule has 0 aliphatic carbocycles. The second-order valence-electron chi connectivity index (χ2n) is 8.57. The normalized spacial score (nSPS) is 23.1. The molecule has 2 aliphatic heterocycles. The summed E-state index contributed by atoms with van der Waals surface area (Å²) in [5.41, 5.74) is 8.04. The highest BCUT2D eigenvalue weighted by atomic mass is 32.2. The van der Waals surface area contributed by atoms with Gasteiger partial charge in [0.2, 0.25) is 0 Å². The number of benzene rings is 2. The fourth-order valence-corrected chi connectivity index (χ4v) is 5.19. The highest BCUT2D eigenvalue weighted by molar-refractivity contribution is 7.83. The standard InChI is InChI=1S/C24H24N6O5S/c1-29-22(31)24(28-23(29)25,19-6-2-4-16(10-19)18-12-26-15-27-13-18)20-7-3-5-17(11-20)21-14-30(8-9-35-21)36(32,33)34/h2-7,10-13,15,21H,8-9,14H2,1H3,(H2,25,28)(H,32,33,34). The minimum atomic E-state index is -4.36. The summed E-state index contributed by atoms with van der Waals surface area (Å²) < 4.78 is 39.6. The molecule has 0 saturated carbocycles. The van der Waals surface area contributed by atoms with Gasteiger partial charge in [-0.2, -0.15) is 12.7 Å². The summed E-state index contributed by atoms with van der Waals surface area (Å²) >= 11 is 0. The number of guanidine groups is 1. The van der Waals surface area contributed by atoms with Crippen LogP contribution in [-0.4, -0.2) is 70.8 Å². The van der Waals surface area contributed by atoms with Gasteiger partial charge in [-0.05, 0) is 34.4 Å². The van der Waals surface area contributed by atoms with Gasteiger partial charge in [0.25, 0.3) is 5.91 Å². The van der Waals surface area contributed by atoms with Gasteiger partial charge in [0, 0.05) is 38.1 Å². The number of likely N-dealkylation sites (N-methyl/N-ethyl adjacent to an activating group) is 1. The molecule has 3 N–H and O–H groups in total. The van der Waals surface area contributed by atoms with Gasteiger partial charge in [0.1, 0.15) is 6.33 Å². The lowest BCUT2D eigenvalue weighted by molar-refractivity contribution is -0.129. The van der Waals surface area contributed by atoms with E-state index in [0.717, 1.165) is 15.4 Å². The molecule has 2 aliphatic rings. The van der Waals surface area contributed by atoms with E-state index < -0.39 is 21.9 Å². The van der Waals surface area contributed by atoms with Crippen LogP contribution in [0.1, 0.15) is 22.8 Å². The van der Waals surface area contributed by atoms with Crippen LogP contribution in [0, 0.1) is 0 Å². The predicted molar refractivity (Wildman–Crippen MR) is 131 cm³/mol. The number of nitrogens with two attached hydrogens (primary N) is 1. The van der Waals surface area contributed by atoms with Crippen LogP contribution < -0.4 is 5.73 Å². The predicted octanol–water partition coefficient (Wildman–Crippen LogP) is 1.35. The quantitative estimate of drug-likeness (QED) is 0.490. The van der Waals surface area contributed by atoms with E-state index in [9.17, 15) is 17.8 Å². The molecule has 5 rings (SSSR count). The summed E-state index contributed by atoms with van der Waals surface area (Å²) in [4.78, 5) is 27.8. The topological polar surface area (TPSA) is 151 Å². The lowest BCUT2D eigenvalue weighted by atomic mass is 9.81. The Hall–Kier alpha value is -3.71. The third-order valence-corrected chi connectivity index (χ3v) is 7.43. The zero-order chi connectivity index (χ0) is 25.5. The molecule has 11 nitrogen and oxygen atoms in total. The van der Waals surface area contributed by atoms with Crippen LogP contribution in [0.15, 0.2) is 72.2 Å².